The molecule has 0 aliphatic rings. The number of alkyl halides is 1. The van der Waals surface area contributed by atoms with E-state index in [0.717, 1.165) is 0 Å². The number of rotatable bonds is 4. The predicted octanol–water partition coefficient (Wildman–Crippen LogP) is 3.08. The second-order valence-electron chi connectivity index (χ2n) is 2.78. The number of isocyanates is 1. The summed E-state index contributed by atoms with van der Waals surface area (Å²) in [5, 5.41) is 0.504. The molecule has 14 heavy (non-hydrogen) atoms. The molecule has 74 valence electrons. The maximum atomic E-state index is 13.4. The average molecular weight is 214 g/mol. The average Bonchev–Trinajstić information content (AvgIpc) is 2.18. The van der Waals surface area contributed by atoms with Gasteiger partial charge >= 0.3 is 0 Å². The van der Waals surface area contributed by atoms with E-state index >= 15 is 0 Å². The molecular formula is C10H9ClFNO. The van der Waals surface area contributed by atoms with Crippen LogP contribution < -0.4 is 0 Å². The van der Waals surface area contributed by atoms with Crippen LogP contribution in [0.1, 0.15) is 18.2 Å². The van der Waals surface area contributed by atoms with Crippen LogP contribution in [-0.4, -0.2) is 12.6 Å². The van der Waals surface area contributed by atoms with Crippen LogP contribution in [0.15, 0.2) is 29.3 Å². The van der Waals surface area contributed by atoms with E-state index in [4.69, 9.17) is 11.6 Å². The first-order valence-electron chi connectivity index (χ1n) is 4.17. The monoisotopic (exact) mass is 213 g/mol. The van der Waals surface area contributed by atoms with Crippen molar-refractivity contribution in [2.45, 2.75) is 12.6 Å². The Bertz CT molecular complexity index is 350. The molecule has 0 aliphatic carbocycles. The number of carbonyl (C=O) groups excluding carboxylic acids is 1. The zero-order valence-electron chi connectivity index (χ0n) is 7.41. The van der Waals surface area contributed by atoms with Gasteiger partial charge in [0.1, 0.15) is 6.17 Å². The zero-order valence-corrected chi connectivity index (χ0v) is 8.17. The quantitative estimate of drug-likeness (QED) is 0.558. The van der Waals surface area contributed by atoms with E-state index in [1.54, 1.807) is 24.3 Å². The number of aliphatic imine (C=N–C) groups is 1. The first-order valence-corrected chi connectivity index (χ1v) is 4.55. The van der Waals surface area contributed by atoms with Crippen molar-refractivity contribution in [3.63, 3.8) is 0 Å². The summed E-state index contributed by atoms with van der Waals surface area (Å²) in [6.45, 7) is 0.150. The van der Waals surface area contributed by atoms with Crippen molar-refractivity contribution in [1.82, 2.24) is 0 Å². The zero-order chi connectivity index (χ0) is 10.4. The van der Waals surface area contributed by atoms with Gasteiger partial charge in [-0.3, -0.25) is 0 Å². The molecule has 0 saturated heterocycles. The van der Waals surface area contributed by atoms with Crippen LogP contribution in [0.4, 0.5) is 4.39 Å². The van der Waals surface area contributed by atoms with Gasteiger partial charge in [-0.2, -0.15) is 0 Å². The van der Waals surface area contributed by atoms with Gasteiger partial charge in [0.15, 0.2) is 0 Å². The second kappa shape index (κ2) is 5.53. The number of halogens is 2. The van der Waals surface area contributed by atoms with Crippen molar-refractivity contribution in [2.24, 2.45) is 4.99 Å². The van der Waals surface area contributed by atoms with Crippen LogP contribution in [0.5, 0.6) is 0 Å². The predicted molar refractivity (Wildman–Crippen MR) is 52.9 cm³/mol. The Labute approximate surface area is 86.4 Å². The molecule has 1 atom stereocenters. The van der Waals surface area contributed by atoms with E-state index in [-0.39, 0.29) is 13.0 Å². The maximum absolute atomic E-state index is 13.4. The summed E-state index contributed by atoms with van der Waals surface area (Å²) >= 11 is 5.70. The Balaban J connectivity index is 2.59. The number of benzene rings is 1. The smallest absolute Gasteiger partial charge is 0.234 e. The van der Waals surface area contributed by atoms with Gasteiger partial charge in [-0.1, -0.05) is 23.7 Å². The van der Waals surface area contributed by atoms with Crippen LogP contribution >= 0.6 is 11.6 Å². The third kappa shape index (κ3) is 3.29. The molecule has 0 aromatic heterocycles. The van der Waals surface area contributed by atoms with E-state index in [1.807, 2.05) is 0 Å². The molecule has 0 saturated carbocycles. The summed E-state index contributed by atoms with van der Waals surface area (Å²) in [7, 11) is 0. The van der Waals surface area contributed by atoms with Crippen molar-refractivity contribution in [1.29, 1.82) is 0 Å². The number of hydrogen-bond acceptors (Lipinski definition) is 2. The highest BCUT2D eigenvalue weighted by molar-refractivity contribution is 6.30. The Morgan fingerprint density at radius 2 is 2.36 bits per heavy atom. The summed E-state index contributed by atoms with van der Waals surface area (Å²) in [5.74, 6) is 0. The standard InChI is InChI=1S/C10H9ClFNO/c11-9-3-1-2-8(6-9)10(12)4-5-13-7-14/h1-3,6,10H,4-5H2. The van der Waals surface area contributed by atoms with Crippen LogP contribution in [0.25, 0.3) is 0 Å². The first kappa shape index (κ1) is 10.9. The molecule has 2 nitrogen and oxygen atoms in total. The fourth-order valence-electron chi connectivity index (χ4n) is 1.09. The number of nitrogens with zero attached hydrogens (tertiary/aromatic N) is 1. The molecular weight excluding hydrogens is 205 g/mol. The Morgan fingerprint density at radius 1 is 1.57 bits per heavy atom. The third-order valence-electron chi connectivity index (χ3n) is 1.77. The van der Waals surface area contributed by atoms with Crippen molar-refractivity contribution in [3.8, 4) is 0 Å². The highest BCUT2D eigenvalue weighted by Crippen LogP contribution is 2.23. The molecule has 1 aromatic rings. The molecule has 0 heterocycles. The van der Waals surface area contributed by atoms with E-state index in [9.17, 15) is 9.18 Å². The van der Waals surface area contributed by atoms with E-state index in [2.05, 4.69) is 4.99 Å². The van der Waals surface area contributed by atoms with Gasteiger partial charge in [-0.25, -0.2) is 14.2 Å². The van der Waals surface area contributed by atoms with Crippen LogP contribution in [0.3, 0.4) is 0 Å². The summed E-state index contributed by atoms with van der Waals surface area (Å²) < 4.78 is 13.4. The lowest BCUT2D eigenvalue weighted by Gasteiger charge is -2.06. The Kier molecular flexibility index (Phi) is 4.30. The Hall–Kier alpha value is -1.18. The topological polar surface area (TPSA) is 29.4 Å². The van der Waals surface area contributed by atoms with Crippen molar-refractivity contribution in [2.75, 3.05) is 6.54 Å². The molecule has 4 heteroatoms. The molecule has 0 spiro atoms. The van der Waals surface area contributed by atoms with Crippen LogP contribution in [0.2, 0.25) is 5.02 Å². The molecule has 0 radical (unpaired) electrons. The highest BCUT2D eigenvalue weighted by atomic mass is 35.5. The summed E-state index contributed by atoms with van der Waals surface area (Å²) in [6, 6.07) is 6.59. The van der Waals surface area contributed by atoms with Gasteiger partial charge in [0.25, 0.3) is 0 Å². The lowest BCUT2D eigenvalue weighted by molar-refractivity contribution is 0.328. The number of hydrogen-bond donors (Lipinski definition) is 0. The first-order chi connectivity index (χ1) is 6.74. The van der Waals surface area contributed by atoms with Gasteiger partial charge in [-0.15, -0.1) is 0 Å². The van der Waals surface area contributed by atoms with Crippen molar-refractivity contribution < 1.29 is 9.18 Å². The van der Waals surface area contributed by atoms with E-state index < -0.39 is 6.17 Å². The minimum Gasteiger partial charge on any atom is -0.242 e. The van der Waals surface area contributed by atoms with Gasteiger partial charge in [0.2, 0.25) is 6.08 Å². The largest absolute Gasteiger partial charge is 0.242 e. The fourth-order valence-corrected chi connectivity index (χ4v) is 1.29. The molecule has 1 aromatic carbocycles. The molecule has 0 fully saturated rings. The van der Waals surface area contributed by atoms with Crippen LogP contribution in [-0.2, 0) is 4.79 Å². The summed E-state index contributed by atoms with van der Waals surface area (Å²) in [5.41, 5.74) is 0.513. The van der Waals surface area contributed by atoms with Crippen LogP contribution in [0, 0.1) is 0 Å². The summed E-state index contributed by atoms with van der Waals surface area (Å²) in [4.78, 5) is 13.0. The molecule has 0 amide bonds. The maximum Gasteiger partial charge on any atom is 0.234 e. The van der Waals surface area contributed by atoms with E-state index in [0.29, 0.717) is 10.6 Å². The van der Waals surface area contributed by atoms with Gasteiger partial charge < -0.3 is 0 Å². The SMILES string of the molecule is O=C=NCCC(F)c1cccc(Cl)c1. The molecule has 1 unspecified atom stereocenters. The van der Waals surface area contributed by atoms with Gasteiger partial charge in [0.05, 0.1) is 6.54 Å². The fraction of sp³-hybridized carbons (Fsp3) is 0.300. The van der Waals surface area contributed by atoms with Gasteiger partial charge in [0, 0.05) is 11.4 Å². The second-order valence-corrected chi connectivity index (χ2v) is 3.22. The molecule has 0 N–H and O–H groups in total. The lowest BCUT2D eigenvalue weighted by Crippen LogP contribution is -1.94. The van der Waals surface area contributed by atoms with Crippen molar-refractivity contribution >= 4 is 17.7 Å². The third-order valence-corrected chi connectivity index (χ3v) is 2.00. The lowest BCUT2D eigenvalue weighted by atomic mass is 10.1. The Morgan fingerprint density at radius 3 is 3.00 bits per heavy atom. The minimum atomic E-state index is -1.13. The minimum absolute atomic E-state index is 0.150. The summed E-state index contributed by atoms with van der Waals surface area (Å²) in [6.07, 6.45) is 0.411. The normalized spacial score (nSPS) is 11.9. The molecule has 0 aliphatic heterocycles. The van der Waals surface area contributed by atoms with Gasteiger partial charge in [-0.05, 0) is 17.7 Å². The highest BCUT2D eigenvalue weighted by Gasteiger charge is 2.08. The van der Waals surface area contributed by atoms with Crippen molar-refractivity contribution in [3.05, 3.63) is 34.9 Å². The molecule has 0 bridgehead atoms. The molecule has 1 rings (SSSR count). The van der Waals surface area contributed by atoms with E-state index in [1.165, 1.54) is 6.08 Å².